The number of carbonyl (C=O) groups is 1. The average Bonchev–Trinajstić information content (AvgIpc) is 3.02. The number of aliphatic hydroxyl groups excluding tert-OH is 3. The topological polar surface area (TPSA) is 98.0 Å². The van der Waals surface area contributed by atoms with E-state index >= 15 is 0 Å². The summed E-state index contributed by atoms with van der Waals surface area (Å²) >= 11 is 0. The van der Waals surface area contributed by atoms with Gasteiger partial charge in [0.25, 0.3) is 0 Å². The lowest BCUT2D eigenvalue weighted by molar-refractivity contribution is -0.176. The molecular weight excluding hydrogens is 368 g/mol. The van der Waals surface area contributed by atoms with E-state index in [0.29, 0.717) is 23.7 Å². The predicted molar refractivity (Wildman–Crippen MR) is 110 cm³/mol. The minimum Gasteiger partial charge on any atom is -0.479 e. The second-order valence-corrected chi connectivity index (χ2v) is 11.5. The molecule has 0 aliphatic heterocycles. The Bertz CT molecular complexity index is 637. The van der Waals surface area contributed by atoms with E-state index in [0.717, 1.165) is 38.5 Å². The molecule has 0 heterocycles. The number of aliphatic carboxylic acids is 1. The van der Waals surface area contributed by atoms with Crippen molar-refractivity contribution in [3.63, 3.8) is 0 Å². The van der Waals surface area contributed by atoms with Crippen LogP contribution in [0.15, 0.2) is 0 Å². The van der Waals surface area contributed by atoms with Crippen LogP contribution in [0.1, 0.15) is 78.6 Å². The van der Waals surface area contributed by atoms with E-state index in [-0.39, 0.29) is 41.3 Å². The van der Waals surface area contributed by atoms with Crippen LogP contribution in [0.5, 0.6) is 0 Å². The predicted octanol–water partition coefficient (Wildman–Crippen LogP) is 3.45. The molecule has 5 heteroatoms. The summed E-state index contributed by atoms with van der Waals surface area (Å²) < 4.78 is 0. The Hall–Kier alpha value is -0.650. The highest BCUT2D eigenvalue weighted by Gasteiger charge is 2.63. The van der Waals surface area contributed by atoms with Crippen molar-refractivity contribution in [3.05, 3.63) is 0 Å². The molecular formula is C24H40O5. The molecule has 0 spiro atoms. The van der Waals surface area contributed by atoms with Gasteiger partial charge in [0.05, 0.1) is 12.2 Å². The summed E-state index contributed by atoms with van der Waals surface area (Å²) in [6.45, 7) is 6.73. The summed E-state index contributed by atoms with van der Waals surface area (Å²) in [5, 5.41) is 40.7. The maximum absolute atomic E-state index is 11.5. The standard InChI is InChI=1S/C24H40O5/c1-13(10-20(26)22(28)29)17-6-7-18-16-5-4-14-11-15(25)8-9-23(14,2)19(16)12-21(27)24(17,18)3/h13-21,25-27H,4-12H2,1-3H3,(H,28,29)/t13-,14-,15-,16+,17-,18+,19+,20-,21+,23+,24-/m1/s1. The van der Waals surface area contributed by atoms with E-state index < -0.39 is 12.1 Å². The van der Waals surface area contributed by atoms with Crippen LogP contribution in [0, 0.1) is 46.3 Å². The Morgan fingerprint density at radius 1 is 1.03 bits per heavy atom. The third kappa shape index (κ3) is 3.27. The molecule has 166 valence electrons. The summed E-state index contributed by atoms with van der Waals surface area (Å²) in [5.41, 5.74) is 0.0455. The second kappa shape index (κ2) is 7.49. The summed E-state index contributed by atoms with van der Waals surface area (Å²) in [6, 6.07) is 0. The number of hydrogen-bond donors (Lipinski definition) is 4. The molecule has 4 N–H and O–H groups in total. The molecule has 4 fully saturated rings. The van der Waals surface area contributed by atoms with Gasteiger partial charge in [-0.25, -0.2) is 4.79 Å². The van der Waals surface area contributed by atoms with Crippen LogP contribution in [0.2, 0.25) is 0 Å². The van der Waals surface area contributed by atoms with Crippen molar-refractivity contribution in [3.8, 4) is 0 Å². The van der Waals surface area contributed by atoms with Crippen molar-refractivity contribution in [2.45, 2.75) is 96.9 Å². The average molecular weight is 409 g/mol. The number of rotatable bonds is 4. The van der Waals surface area contributed by atoms with Crippen molar-refractivity contribution in [1.82, 2.24) is 0 Å². The largest absolute Gasteiger partial charge is 0.479 e. The molecule has 5 nitrogen and oxygen atoms in total. The third-order valence-electron chi connectivity index (χ3n) is 10.4. The van der Waals surface area contributed by atoms with E-state index in [1.165, 1.54) is 12.8 Å². The zero-order chi connectivity index (χ0) is 21.1. The quantitative estimate of drug-likeness (QED) is 0.571. The SMILES string of the molecule is C[C@H](C[C@@H](O)C(=O)O)[C@H]1CC[C@H]2[C@@H]3CC[C@@H]4C[C@H](O)CC[C@]4(C)[C@H]3C[C@H](O)[C@]12C. The lowest BCUT2D eigenvalue weighted by Crippen LogP contribution is -2.58. The number of hydrogen-bond acceptors (Lipinski definition) is 4. The van der Waals surface area contributed by atoms with E-state index in [2.05, 4.69) is 20.8 Å². The van der Waals surface area contributed by atoms with Gasteiger partial charge in [-0.1, -0.05) is 20.8 Å². The maximum Gasteiger partial charge on any atom is 0.332 e. The van der Waals surface area contributed by atoms with Crippen LogP contribution in [0.25, 0.3) is 0 Å². The number of carboxylic acid groups (broad SMARTS) is 1. The van der Waals surface area contributed by atoms with Crippen LogP contribution < -0.4 is 0 Å². The smallest absolute Gasteiger partial charge is 0.332 e. The zero-order valence-electron chi connectivity index (χ0n) is 18.3. The number of fused-ring (bicyclic) bond motifs is 5. The molecule has 0 aromatic carbocycles. The second-order valence-electron chi connectivity index (χ2n) is 11.5. The molecule has 0 bridgehead atoms. The Morgan fingerprint density at radius 3 is 2.45 bits per heavy atom. The van der Waals surface area contributed by atoms with Gasteiger partial charge >= 0.3 is 5.97 Å². The molecule has 4 saturated carbocycles. The molecule has 0 unspecified atom stereocenters. The zero-order valence-corrected chi connectivity index (χ0v) is 18.3. The lowest BCUT2D eigenvalue weighted by Gasteiger charge is -2.62. The van der Waals surface area contributed by atoms with Crippen molar-refractivity contribution in [1.29, 1.82) is 0 Å². The summed E-state index contributed by atoms with van der Waals surface area (Å²) in [4.78, 5) is 11.1. The van der Waals surface area contributed by atoms with Gasteiger partial charge in [-0.15, -0.1) is 0 Å². The monoisotopic (exact) mass is 408 g/mol. The van der Waals surface area contributed by atoms with Gasteiger partial charge in [0, 0.05) is 0 Å². The van der Waals surface area contributed by atoms with Gasteiger partial charge in [0.1, 0.15) is 0 Å². The fraction of sp³-hybridized carbons (Fsp3) is 0.958. The normalized spacial score (nSPS) is 51.4. The molecule has 4 aliphatic carbocycles. The first-order valence-electron chi connectivity index (χ1n) is 11.9. The van der Waals surface area contributed by atoms with Gasteiger partial charge in [0.2, 0.25) is 0 Å². The van der Waals surface area contributed by atoms with Crippen molar-refractivity contribution in [2.24, 2.45) is 46.3 Å². The van der Waals surface area contributed by atoms with Gasteiger partial charge in [-0.3, -0.25) is 0 Å². The Kier molecular flexibility index (Phi) is 5.57. The van der Waals surface area contributed by atoms with E-state index in [9.17, 15) is 20.1 Å². The molecule has 0 aromatic rings. The van der Waals surface area contributed by atoms with Crippen LogP contribution in [-0.4, -0.2) is 44.7 Å². The molecule has 0 amide bonds. The molecule has 0 radical (unpaired) electrons. The Morgan fingerprint density at radius 2 is 1.76 bits per heavy atom. The molecule has 4 rings (SSSR count). The number of carboxylic acids is 1. The maximum atomic E-state index is 11.5. The third-order valence-corrected chi connectivity index (χ3v) is 10.4. The fourth-order valence-corrected chi connectivity index (χ4v) is 8.78. The first-order valence-corrected chi connectivity index (χ1v) is 11.9. The molecule has 11 atom stereocenters. The van der Waals surface area contributed by atoms with Crippen LogP contribution in [0.3, 0.4) is 0 Å². The van der Waals surface area contributed by atoms with Gasteiger partial charge < -0.3 is 20.4 Å². The Labute approximate surface area is 174 Å². The number of aliphatic hydroxyl groups is 3. The van der Waals surface area contributed by atoms with Crippen molar-refractivity contribution in [2.75, 3.05) is 0 Å². The minimum absolute atomic E-state index is 0.0825. The lowest BCUT2D eigenvalue weighted by atomic mass is 9.43. The van der Waals surface area contributed by atoms with Gasteiger partial charge in [-0.05, 0) is 104 Å². The summed E-state index contributed by atoms with van der Waals surface area (Å²) in [7, 11) is 0. The first-order chi connectivity index (χ1) is 13.6. The van der Waals surface area contributed by atoms with E-state index in [1.54, 1.807) is 0 Å². The highest BCUT2D eigenvalue weighted by Crippen LogP contribution is 2.68. The van der Waals surface area contributed by atoms with E-state index in [1.807, 2.05) is 0 Å². The van der Waals surface area contributed by atoms with Crippen LogP contribution in [0.4, 0.5) is 0 Å². The van der Waals surface area contributed by atoms with Gasteiger partial charge in [0.15, 0.2) is 6.10 Å². The fourth-order valence-electron chi connectivity index (χ4n) is 8.78. The summed E-state index contributed by atoms with van der Waals surface area (Å²) in [6.07, 6.45) is 6.67. The molecule has 0 aromatic heterocycles. The first kappa shape index (κ1) is 21.6. The van der Waals surface area contributed by atoms with Crippen molar-refractivity contribution < 1.29 is 25.2 Å². The molecule has 29 heavy (non-hydrogen) atoms. The van der Waals surface area contributed by atoms with Crippen molar-refractivity contribution >= 4 is 5.97 Å². The highest BCUT2D eigenvalue weighted by molar-refractivity contribution is 5.71. The minimum atomic E-state index is -1.32. The molecule has 4 aliphatic rings. The Balaban J connectivity index is 1.57. The van der Waals surface area contributed by atoms with Gasteiger partial charge in [-0.2, -0.15) is 0 Å². The van der Waals surface area contributed by atoms with Crippen LogP contribution >= 0.6 is 0 Å². The molecule has 0 saturated heterocycles. The highest BCUT2D eigenvalue weighted by atomic mass is 16.4. The van der Waals surface area contributed by atoms with E-state index in [4.69, 9.17) is 5.11 Å². The van der Waals surface area contributed by atoms with Crippen LogP contribution in [-0.2, 0) is 4.79 Å². The summed E-state index contributed by atoms with van der Waals surface area (Å²) in [5.74, 6) is 1.41.